The summed E-state index contributed by atoms with van der Waals surface area (Å²) in [6.45, 7) is 4.63. The van der Waals surface area contributed by atoms with Gasteiger partial charge in [-0.3, -0.25) is 4.79 Å². The molecule has 2 heterocycles. The van der Waals surface area contributed by atoms with E-state index in [1.807, 2.05) is 39.1 Å². The number of aromatic nitrogens is 2. The highest BCUT2D eigenvalue weighted by atomic mass is 19.1. The highest BCUT2D eigenvalue weighted by Crippen LogP contribution is 2.46. The minimum absolute atomic E-state index is 0.145. The van der Waals surface area contributed by atoms with Crippen molar-refractivity contribution in [1.82, 2.24) is 15.1 Å². The van der Waals surface area contributed by atoms with E-state index in [2.05, 4.69) is 47.0 Å². The van der Waals surface area contributed by atoms with Gasteiger partial charge in [0.05, 0.1) is 29.1 Å². The van der Waals surface area contributed by atoms with Gasteiger partial charge in [-0.2, -0.15) is 5.10 Å². The van der Waals surface area contributed by atoms with Gasteiger partial charge in [0.25, 0.3) is 5.56 Å². The summed E-state index contributed by atoms with van der Waals surface area (Å²) in [5, 5.41) is 12.7. The molecule has 0 bridgehead atoms. The molecule has 0 unspecified atom stereocenters. The van der Waals surface area contributed by atoms with Gasteiger partial charge in [0.15, 0.2) is 0 Å². The van der Waals surface area contributed by atoms with Gasteiger partial charge in [0.2, 0.25) is 0 Å². The Bertz CT molecular complexity index is 1360. The van der Waals surface area contributed by atoms with Crippen LogP contribution in [0, 0.1) is 5.82 Å². The molecule has 5 nitrogen and oxygen atoms in total. The Labute approximate surface area is 192 Å². The molecule has 0 saturated heterocycles. The predicted molar refractivity (Wildman–Crippen MR) is 130 cm³/mol. The van der Waals surface area contributed by atoms with Gasteiger partial charge in [0.1, 0.15) is 5.82 Å². The first-order valence-corrected chi connectivity index (χ1v) is 11.3. The molecule has 0 fully saturated rings. The number of nitrogens with zero attached hydrogens (tertiary/aromatic N) is 2. The van der Waals surface area contributed by atoms with E-state index in [9.17, 15) is 9.18 Å². The van der Waals surface area contributed by atoms with E-state index >= 15 is 0 Å². The molecule has 4 aromatic rings. The Balaban J connectivity index is 1.81. The summed E-state index contributed by atoms with van der Waals surface area (Å²) < 4.78 is 16.1. The number of benzene rings is 3. The van der Waals surface area contributed by atoms with E-state index in [1.165, 1.54) is 22.4 Å². The molecule has 168 valence electrons. The lowest BCUT2D eigenvalue weighted by atomic mass is 9.80. The van der Waals surface area contributed by atoms with Crippen molar-refractivity contribution >= 4 is 16.5 Å². The Hall–Kier alpha value is -3.51. The van der Waals surface area contributed by atoms with Gasteiger partial charge in [0, 0.05) is 17.6 Å². The number of halogens is 1. The molecule has 1 aliphatic heterocycles. The quantitative estimate of drug-likeness (QED) is 0.450. The second-order valence-electron chi connectivity index (χ2n) is 8.89. The monoisotopic (exact) mass is 442 g/mol. The summed E-state index contributed by atoms with van der Waals surface area (Å²) in [5.41, 5.74) is 4.49. The summed E-state index contributed by atoms with van der Waals surface area (Å²) >= 11 is 0. The summed E-state index contributed by atoms with van der Waals surface area (Å²) in [5.74, 6) is -0.585. The molecular formula is C27H27FN4O. The van der Waals surface area contributed by atoms with Crippen molar-refractivity contribution in [2.24, 2.45) is 0 Å². The molecule has 33 heavy (non-hydrogen) atoms. The van der Waals surface area contributed by atoms with Crippen molar-refractivity contribution in [3.8, 4) is 0 Å². The van der Waals surface area contributed by atoms with Gasteiger partial charge >= 0.3 is 0 Å². The molecule has 2 N–H and O–H groups in total. The number of nitrogens with one attached hydrogen (secondary N) is 2. The zero-order valence-electron chi connectivity index (χ0n) is 19.0. The lowest BCUT2D eigenvalue weighted by Crippen LogP contribution is -2.32. The lowest BCUT2D eigenvalue weighted by Gasteiger charge is -2.35. The van der Waals surface area contributed by atoms with Crippen LogP contribution in [0.4, 0.5) is 10.1 Å². The molecule has 3 aromatic carbocycles. The first kappa shape index (κ1) is 21.3. The largest absolute Gasteiger partial charge is 0.377 e. The van der Waals surface area contributed by atoms with Crippen molar-refractivity contribution in [2.75, 3.05) is 12.4 Å². The lowest BCUT2D eigenvalue weighted by molar-refractivity contribution is 0.486. The van der Waals surface area contributed by atoms with E-state index in [0.717, 1.165) is 23.4 Å². The second-order valence-corrected chi connectivity index (χ2v) is 8.89. The third kappa shape index (κ3) is 3.70. The van der Waals surface area contributed by atoms with Crippen molar-refractivity contribution < 1.29 is 4.39 Å². The van der Waals surface area contributed by atoms with Crippen molar-refractivity contribution in [1.29, 1.82) is 0 Å². The van der Waals surface area contributed by atoms with Crippen molar-refractivity contribution in [3.05, 3.63) is 105 Å². The van der Waals surface area contributed by atoms with E-state index < -0.39 is 5.82 Å². The fourth-order valence-corrected chi connectivity index (χ4v) is 4.81. The van der Waals surface area contributed by atoms with Crippen LogP contribution >= 0.6 is 0 Å². The van der Waals surface area contributed by atoms with Gasteiger partial charge in [-0.25, -0.2) is 9.07 Å². The SMILES string of the molecule is CNCc1ccc([C@H]2c3nn(C(C)C)c(=O)c4cc(F)cc(c34)N[C@@H]2c2ccccc2)cc1. The van der Waals surface area contributed by atoms with Gasteiger partial charge in [-0.15, -0.1) is 0 Å². The number of hydrogen-bond acceptors (Lipinski definition) is 4. The van der Waals surface area contributed by atoms with Crippen LogP contribution in [0.1, 0.15) is 54.2 Å². The number of hydrogen-bond donors (Lipinski definition) is 2. The molecule has 1 aliphatic rings. The summed E-state index contributed by atoms with van der Waals surface area (Å²) in [4.78, 5) is 13.2. The Morgan fingerprint density at radius 1 is 1.06 bits per heavy atom. The number of anilines is 1. The van der Waals surface area contributed by atoms with Crippen LogP contribution < -0.4 is 16.2 Å². The van der Waals surface area contributed by atoms with Crippen LogP contribution in [-0.2, 0) is 6.54 Å². The second kappa shape index (κ2) is 8.45. The molecule has 6 heteroatoms. The van der Waals surface area contributed by atoms with E-state index in [0.29, 0.717) is 16.5 Å². The fraction of sp³-hybridized carbons (Fsp3) is 0.259. The molecule has 2 atom stereocenters. The highest BCUT2D eigenvalue weighted by Gasteiger charge is 2.36. The number of rotatable bonds is 5. The minimum Gasteiger partial charge on any atom is -0.377 e. The summed E-state index contributed by atoms with van der Waals surface area (Å²) in [6, 6.07) is 21.1. The molecule has 0 saturated carbocycles. The first-order valence-electron chi connectivity index (χ1n) is 11.3. The zero-order valence-corrected chi connectivity index (χ0v) is 19.0. The Morgan fingerprint density at radius 3 is 2.45 bits per heavy atom. The third-order valence-electron chi connectivity index (χ3n) is 6.32. The third-order valence-corrected chi connectivity index (χ3v) is 6.32. The summed E-state index contributed by atoms with van der Waals surface area (Å²) in [7, 11) is 1.93. The van der Waals surface area contributed by atoms with Crippen molar-refractivity contribution in [3.63, 3.8) is 0 Å². The molecule has 0 radical (unpaired) electrons. The van der Waals surface area contributed by atoms with Gasteiger partial charge in [-0.1, -0.05) is 54.6 Å². The van der Waals surface area contributed by atoms with Crippen LogP contribution in [0.25, 0.3) is 10.8 Å². The Morgan fingerprint density at radius 2 is 1.79 bits per heavy atom. The van der Waals surface area contributed by atoms with Crippen LogP contribution in [0.3, 0.4) is 0 Å². The van der Waals surface area contributed by atoms with E-state index in [4.69, 9.17) is 5.10 Å². The summed E-state index contributed by atoms with van der Waals surface area (Å²) in [6.07, 6.45) is 0. The van der Waals surface area contributed by atoms with E-state index in [-0.39, 0.29) is 23.6 Å². The topological polar surface area (TPSA) is 59.0 Å². The maximum atomic E-state index is 14.6. The van der Waals surface area contributed by atoms with Crippen molar-refractivity contribution in [2.45, 2.75) is 38.4 Å². The average Bonchev–Trinajstić information content (AvgIpc) is 2.81. The highest BCUT2D eigenvalue weighted by molar-refractivity contribution is 5.97. The smallest absolute Gasteiger partial charge is 0.275 e. The van der Waals surface area contributed by atoms with Crippen LogP contribution in [-0.4, -0.2) is 16.8 Å². The maximum absolute atomic E-state index is 14.6. The van der Waals surface area contributed by atoms with Crippen LogP contribution in [0.2, 0.25) is 0 Å². The minimum atomic E-state index is -0.434. The normalized spacial score (nSPS) is 17.4. The molecule has 1 aromatic heterocycles. The maximum Gasteiger partial charge on any atom is 0.275 e. The first-order chi connectivity index (χ1) is 16.0. The van der Waals surface area contributed by atoms with E-state index in [1.54, 1.807) is 0 Å². The molecule has 0 spiro atoms. The average molecular weight is 443 g/mol. The fourth-order valence-electron chi connectivity index (χ4n) is 4.81. The standard InChI is InChI=1S/C27H27FN4O/c1-16(2)32-27(33)21-13-20(28)14-22-24(21)26(31-32)23(18-11-9-17(10-12-18)15-29-3)25(30-22)19-7-5-4-6-8-19/h4-14,16,23,25,29-30H,15H2,1-3H3/t23-,25-/m1/s1. The Kier molecular flexibility index (Phi) is 5.46. The molecule has 0 amide bonds. The van der Waals surface area contributed by atoms with Crippen LogP contribution in [0.15, 0.2) is 71.5 Å². The van der Waals surface area contributed by atoms with Gasteiger partial charge < -0.3 is 10.6 Å². The van der Waals surface area contributed by atoms with Gasteiger partial charge in [-0.05, 0) is 49.7 Å². The molecule has 0 aliphatic carbocycles. The molecular weight excluding hydrogens is 415 g/mol. The zero-order chi connectivity index (χ0) is 23.1. The predicted octanol–water partition coefficient (Wildman–Crippen LogP) is 5.13. The van der Waals surface area contributed by atoms with Crippen LogP contribution in [0.5, 0.6) is 0 Å². The molecule has 5 rings (SSSR count).